The van der Waals surface area contributed by atoms with Gasteiger partial charge in [0.1, 0.15) is 11.5 Å². The van der Waals surface area contributed by atoms with E-state index >= 15 is 0 Å². The fraction of sp³-hybridized carbons (Fsp3) is 0.222. The number of hydrogen-bond donors (Lipinski definition) is 1. The SMILES string of the molecule is COc1ccc(OC)c(SC(=O)O)c1. The molecular weight excluding hydrogens is 204 g/mol. The number of hydrogen-bond acceptors (Lipinski definition) is 4. The van der Waals surface area contributed by atoms with E-state index in [0.29, 0.717) is 28.2 Å². The van der Waals surface area contributed by atoms with E-state index < -0.39 is 5.30 Å². The molecule has 0 unspecified atom stereocenters. The van der Waals surface area contributed by atoms with E-state index in [2.05, 4.69) is 0 Å². The van der Waals surface area contributed by atoms with Gasteiger partial charge in [-0.2, -0.15) is 0 Å². The van der Waals surface area contributed by atoms with Crippen LogP contribution in [0.1, 0.15) is 0 Å². The zero-order valence-electron chi connectivity index (χ0n) is 7.81. The van der Waals surface area contributed by atoms with E-state index in [1.165, 1.54) is 14.2 Å². The van der Waals surface area contributed by atoms with E-state index in [1.54, 1.807) is 18.2 Å². The highest BCUT2D eigenvalue weighted by Gasteiger charge is 2.09. The molecule has 4 nitrogen and oxygen atoms in total. The lowest BCUT2D eigenvalue weighted by atomic mass is 10.3. The first-order valence-electron chi connectivity index (χ1n) is 3.80. The Morgan fingerprint density at radius 2 is 2.07 bits per heavy atom. The van der Waals surface area contributed by atoms with Crippen molar-refractivity contribution < 1.29 is 19.4 Å². The van der Waals surface area contributed by atoms with Gasteiger partial charge in [-0.25, -0.2) is 4.79 Å². The van der Waals surface area contributed by atoms with Crippen molar-refractivity contribution >= 4 is 17.1 Å². The fourth-order valence-corrected chi connectivity index (χ4v) is 1.57. The van der Waals surface area contributed by atoms with Gasteiger partial charge >= 0.3 is 5.30 Å². The molecule has 0 bridgehead atoms. The fourth-order valence-electron chi connectivity index (χ4n) is 0.958. The highest BCUT2D eigenvalue weighted by molar-refractivity contribution is 8.13. The Hall–Kier alpha value is -1.36. The Morgan fingerprint density at radius 1 is 1.36 bits per heavy atom. The Kier molecular flexibility index (Phi) is 3.64. The molecule has 0 atom stereocenters. The number of carbonyl (C=O) groups is 1. The number of rotatable bonds is 3. The van der Waals surface area contributed by atoms with Gasteiger partial charge in [-0.15, -0.1) is 0 Å². The summed E-state index contributed by atoms with van der Waals surface area (Å²) in [4.78, 5) is 11.0. The van der Waals surface area contributed by atoms with Crippen molar-refractivity contribution in [1.82, 2.24) is 0 Å². The molecule has 0 aromatic heterocycles. The van der Waals surface area contributed by atoms with Crippen LogP contribution in [0.2, 0.25) is 0 Å². The molecule has 0 radical (unpaired) electrons. The third-order valence-electron chi connectivity index (χ3n) is 1.57. The number of benzene rings is 1. The molecule has 1 aromatic carbocycles. The van der Waals surface area contributed by atoms with Crippen LogP contribution in [-0.2, 0) is 0 Å². The average molecular weight is 214 g/mol. The number of ether oxygens (including phenoxy) is 2. The van der Waals surface area contributed by atoms with Gasteiger partial charge in [0, 0.05) is 0 Å². The minimum absolute atomic E-state index is 0.526. The van der Waals surface area contributed by atoms with Gasteiger partial charge in [-0.3, -0.25) is 0 Å². The first-order valence-corrected chi connectivity index (χ1v) is 4.62. The molecule has 1 aromatic rings. The average Bonchev–Trinajstić information content (AvgIpc) is 2.16. The molecule has 0 heterocycles. The molecule has 76 valence electrons. The minimum Gasteiger partial charge on any atom is -0.497 e. The second kappa shape index (κ2) is 4.76. The van der Waals surface area contributed by atoms with Gasteiger partial charge in [0.05, 0.1) is 19.1 Å². The second-order valence-electron chi connectivity index (χ2n) is 2.38. The Morgan fingerprint density at radius 3 is 2.57 bits per heavy atom. The maximum Gasteiger partial charge on any atom is 0.369 e. The molecule has 14 heavy (non-hydrogen) atoms. The van der Waals surface area contributed by atoms with Crippen LogP contribution in [0.15, 0.2) is 23.1 Å². The van der Waals surface area contributed by atoms with E-state index in [0.717, 1.165) is 0 Å². The second-order valence-corrected chi connectivity index (χ2v) is 3.38. The quantitative estimate of drug-likeness (QED) is 0.783. The van der Waals surface area contributed by atoms with E-state index in [9.17, 15) is 4.79 Å². The summed E-state index contributed by atoms with van der Waals surface area (Å²) in [5.74, 6) is 1.13. The zero-order chi connectivity index (χ0) is 10.6. The van der Waals surface area contributed by atoms with Gasteiger partial charge in [0.2, 0.25) is 0 Å². The largest absolute Gasteiger partial charge is 0.497 e. The molecule has 0 saturated heterocycles. The summed E-state index contributed by atoms with van der Waals surface area (Å²) in [7, 11) is 3.02. The summed E-state index contributed by atoms with van der Waals surface area (Å²) in [5.41, 5.74) is 0. The number of carboxylic acid groups (broad SMARTS) is 1. The van der Waals surface area contributed by atoms with Gasteiger partial charge in [-0.1, -0.05) is 0 Å². The van der Waals surface area contributed by atoms with Gasteiger partial charge in [-0.05, 0) is 30.0 Å². The molecule has 1 N–H and O–H groups in total. The molecule has 5 heteroatoms. The number of methoxy groups -OCH3 is 2. The molecular formula is C9H10O4S. The third kappa shape index (κ3) is 2.56. The molecule has 0 fully saturated rings. The van der Waals surface area contributed by atoms with Crippen molar-refractivity contribution in [3.05, 3.63) is 18.2 Å². The van der Waals surface area contributed by atoms with Crippen molar-refractivity contribution in [1.29, 1.82) is 0 Å². The van der Waals surface area contributed by atoms with E-state index in [1.807, 2.05) is 0 Å². The summed E-state index contributed by atoms with van der Waals surface area (Å²) in [6, 6.07) is 5.01. The number of thioether (sulfide) groups is 1. The third-order valence-corrected chi connectivity index (χ3v) is 2.28. The highest BCUT2D eigenvalue weighted by Crippen LogP contribution is 2.32. The standard InChI is InChI=1S/C9H10O4S/c1-12-6-3-4-7(13-2)8(5-6)14-9(10)11/h3-5H,1-2H3,(H,10,11). The van der Waals surface area contributed by atoms with Crippen LogP contribution in [0, 0.1) is 0 Å². The van der Waals surface area contributed by atoms with Crippen molar-refractivity contribution in [2.45, 2.75) is 4.90 Å². The van der Waals surface area contributed by atoms with Crippen molar-refractivity contribution in [3.63, 3.8) is 0 Å². The van der Waals surface area contributed by atoms with Crippen molar-refractivity contribution in [2.24, 2.45) is 0 Å². The smallest absolute Gasteiger partial charge is 0.369 e. The lowest BCUT2D eigenvalue weighted by molar-refractivity contribution is 0.222. The van der Waals surface area contributed by atoms with Crippen LogP contribution in [0.25, 0.3) is 0 Å². The van der Waals surface area contributed by atoms with Crippen LogP contribution in [0.3, 0.4) is 0 Å². The normalized spacial score (nSPS) is 9.57. The van der Waals surface area contributed by atoms with Gasteiger partial charge in [0.25, 0.3) is 0 Å². The lowest BCUT2D eigenvalue weighted by Gasteiger charge is -2.07. The predicted molar refractivity (Wildman–Crippen MR) is 53.4 cm³/mol. The lowest BCUT2D eigenvalue weighted by Crippen LogP contribution is -1.91. The summed E-state index contributed by atoms with van der Waals surface area (Å²) in [5, 5.41) is 7.64. The van der Waals surface area contributed by atoms with E-state index in [-0.39, 0.29) is 0 Å². The summed E-state index contributed by atoms with van der Waals surface area (Å²) >= 11 is 0.691. The first-order chi connectivity index (χ1) is 6.67. The summed E-state index contributed by atoms with van der Waals surface area (Å²) < 4.78 is 9.98. The van der Waals surface area contributed by atoms with Gasteiger partial charge in [0.15, 0.2) is 0 Å². The molecule has 0 aliphatic rings. The minimum atomic E-state index is -0.975. The van der Waals surface area contributed by atoms with Crippen LogP contribution in [0.5, 0.6) is 11.5 Å². The topological polar surface area (TPSA) is 55.8 Å². The van der Waals surface area contributed by atoms with E-state index in [4.69, 9.17) is 14.6 Å². The Labute approximate surface area is 85.8 Å². The van der Waals surface area contributed by atoms with Crippen molar-refractivity contribution in [2.75, 3.05) is 14.2 Å². The van der Waals surface area contributed by atoms with Crippen LogP contribution in [-0.4, -0.2) is 24.6 Å². The Balaban J connectivity index is 3.01. The Bertz CT molecular complexity index is 338. The van der Waals surface area contributed by atoms with Crippen LogP contribution >= 0.6 is 11.8 Å². The molecule has 0 saturated carbocycles. The van der Waals surface area contributed by atoms with Crippen LogP contribution < -0.4 is 9.47 Å². The predicted octanol–water partition coefficient (Wildman–Crippen LogP) is 2.47. The molecule has 0 aliphatic heterocycles. The highest BCUT2D eigenvalue weighted by atomic mass is 32.2. The molecule has 0 aliphatic carbocycles. The first kappa shape index (κ1) is 10.7. The summed E-state index contributed by atoms with van der Waals surface area (Å²) in [6.45, 7) is 0. The van der Waals surface area contributed by atoms with Crippen molar-refractivity contribution in [3.8, 4) is 11.5 Å². The molecule has 0 spiro atoms. The monoisotopic (exact) mass is 214 g/mol. The van der Waals surface area contributed by atoms with Gasteiger partial charge < -0.3 is 14.6 Å². The molecule has 0 amide bonds. The molecule has 1 rings (SSSR count). The maximum atomic E-state index is 10.5. The van der Waals surface area contributed by atoms with Crippen LogP contribution in [0.4, 0.5) is 4.79 Å². The maximum absolute atomic E-state index is 10.5. The zero-order valence-corrected chi connectivity index (χ0v) is 8.63. The summed E-state index contributed by atoms with van der Waals surface area (Å²) in [6.07, 6.45) is 0.